The Bertz CT molecular complexity index is 655. The molecule has 0 spiro atoms. The van der Waals surface area contributed by atoms with Gasteiger partial charge < -0.3 is 15.1 Å². The SMILES string of the molecule is CN=C(NCCNS(C)(=O)=O)N1CCN(c2ccc(F)cc2)CC1. The zero-order valence-corrected chi connectivity index (χ0v) is 14.8. The van der Waals surface area contributed by atoms with Crippen LogP contribution in [0.5, 0.6) is 0 Å². The normalized spacial score (nSPS) is 16.4. The number of hydrogen-bond acceptors (Lipinski definition) is 4. The van der Waals surface area contributed by atoms with Crippen LogP contribution in [-0.4, -0.2) is 71.8 Å². The number of hydrogen-bond donors (Lipinski definition) is 2. The first kappa shape index (κ1) is 18.5. The Kier molecular flexibility index (Phi) is 6.38. The van der Waals surface area contributed by atoms with E-state index in [2.05, 4.69) is 24.8 Å². The maximum absolute atomic E-state index is 13.0. The molecule has 0 amide bonds. The quantitative estimate of drug-likeness (QED) is 0.443. The van der Waals surface area contributed by atoms with Crippen LogP contribution in [0.4, 0.5) is 10.1 Å². The van der Waals surface area contributed by atoms with Crippen LogP contribution in [0.1, 0.15) is 0 Å². The Hall–Kier alpha value is -1.87. The van der Waals surface area contributed by atoms with Gasteiger partial charge in [-0.3, -0.25) is 4.99 Å². The van der Waals surface area contributed by atoms with E-state index in [-0.39, 0.29) is 5.82 Å². The third-order valence-corrected chi connectivity index (χ3v) is 4.48. The standard InChI is InChI=1S/C15H24FN5O2S/c1-17-15(18-7-8-19-24(2,22)23)21-11-9-20(10-12-21)14-5-3-13(16)4-6-14/h3-6,19H,7-12H2,1-2H3,(H,17,18). The molecule has 134 valence electrons. The van der Waals surface area contributed by atoms with Crippen LogP contribution < -0.4 is 14.9 Å². The Morgan fingerprint density at radius 1 is 1.17 bits per heavy atom. The first-order chi connectivity index (χ1) is 11.4. The first-order valence-electron chi connectivity index (χ1n) is 7.80. The summed E-state index contributed by atoms with van der Waals surface area (Å²) in [4.78, 5) is 8.57. The van der Waals surface area contributed by atoms with Crippen molar-refractivity contribution in [3.8, 4) is 0 Å². The van der Waals surface area contributed by atoms with Crippen LogP contribution in [0.25, 0.3) is 0 Å². The largest absolute Gasteiger partial charge is 0.368 e. The molecule has 1 aliphatic heterocycles. The van der Waals surface area contributed by atoms with Crippen LogP contribution in [0.15, 0.2) is 29.3 Å². The van der Waals surface area contributed by atoms with Gasteiger partial charge in [0.2, 0.25) is 10.0 Å². The van der Waals surface area contributed by atoms with E-state index >= 15 is 0 Å². The third kappa shape index (κ3) is 5.64. The molecule has 1 aromatic rings. The Morgan fingerprint density at radius 2 is 1.79 bits per heavy atom. The molecule has 1 aromatic carbocycles. The van der Waals surface area contributed by atoms with Crippen molar-refractivity contribution in [1.29, 1.82) is 0 Å². The molecule has 0 saturated carbocycles. The summed E-state index contributed by atoms with van der Waals surface area (Å²) >= 11 is 0. The minimum Gasteiger partial charge on any atom is -0.368 e. The van der Waals surface area contributed by atoms with Crippen molar-refractivity contribution in [1.82, 2.24) is 14.9 Å². The molecule has 0 aromatic heterocycles. The average molecular weight is 357 g/mol. The molecular weight excluding hydrogens is 333 g/mol. The zero-order valence-electron chi connectivity index (χ0n) is 14.0. The second-order valence-corrected chi connectivity index (χ2v) is 7.42. The van der Waals surface area contributed by atoms with Crippen molar-refractivity contribution in [2.45, 2.75) is 0 Å². The second-order valence-electron chi connectivity index (χ2n) is 5.59. The van der Waals surface area contributed by atoms with Gasteiger partial charge in [0.1, 0.15) is 5.82 Å². The minimum absolute atomic E-state index is 0.232. The average Bonchev–Trinajstić information content (AvgIpc) is 2.55. The van der Waals surface area contributed by atoms with Crippen molar-refractivity contribution in [2.24, 2.45) is 4.99 Å². The second kappa shape index (κ2) is 8.29. The zero-order chi connectivity index (χ0) is 17.6. The number of nitrogens with zero attached hydrogens (tertiary/aromatic N) is 3. The van der Waals surface area contributed by atoms with E-state index in [1.807, 2.05) is 0 Å². The fourth-order valence-electron chi connectivity index (χ4n) is 2.57. The van der Waals surface area contributed by atoms with E-state index in [1.54, 1.807) is 19.2 Å². The predicted octanol–water partition coefficient (Wildman–Crippen LogP) is 0.0723. The van der Waals surface area contributed by atoms with Crippen molar-refractivity contribution < 1.29 is 12.8 Å². The number of nitrogens with one attached hydrogen (secondary N) is 2. The molecule has 0 bridgehead atoms. The molecule has 1 fully saturated rings. The van der Waals surface area contributed by atoms with Crippen LogP contribution >= 0.6 is 0 Å². The van der Waals surface area contributed by atoms with Crippen LogP contribution in [0.3, 0.4) is 0 Å². The van der Waals surface area contributed by atoms with Gasteiger partial charge in [-0.2, -0.15) is 0 Å². The molecule has 1 heterocycles. The Morgan fingerprint density at radius 3 is 2.33 bits per heavy atom. The lowest BCUT2D eigenvalue weighted by Crippen LogP contribution is -2.53. The number of guanidine groups is 1. The summed E-state index contributed by atoms with van der Waals surface area (Å²) in [6.07, 6.45) is 1.14. The molecule has 2 N–H and O–H groups in total. The number of benzene rings is 1. The summed E-state index contributed by atoms with van der Waals surface area (Å²) in [7, 11) is -1.46. The Labute approximate surface area is 142 Å². The van der Waals surface area contributed by atoms with Gasteiger partial charge in [0.05, 0.1) is 6.26 Å². The lowest BCUT2D eigenvalue weighted by molar-refractivity contribution is 0.373. The van der Waals surface area contributed by atoms with Crippen LogP contribution in [0, 0.1) is 5.82 Å². The van der Waals surface area contributed by atoms with Gasteiger partial charge >= 0.3 is 0 Å². The third-order valence-electron chi connectivity index (χ3n) is 3.76. The molecule has 9 heteroatoms. The maximum atomic E-state index is 13.0. The fourth-order valence-corrected chi connectivity index (χ4v) is 3.04. The molecule has 1 saturated heterocycles. The van der Waals surface area contributed by atoms with Crippen LogP contribution in [0.2, 0.25) is 0 Å². The summed E-state index contributed by atoms with van der Waals surface area (Å²) in [5.41, 5.74) is 1.01. The van der Waals surface area contributed by atoms with Gasteiger partial charge in [-0.1, -0.05) is 0 Å². The summed E-state index contributed by atoms with van der Waals surface area (Å²) in [6.45, 7) is 3.99. The summed E-state index contributed by atoms with van der Waals surface area (Å²) in [6, 6.07) is 6.51. The molecule has 0 radical (unpaired) electrons. The number of halogens is 1. The van der Waals surface area contributed by atoms with Gasteiger partial charge in [-0.05, 0) is 24.3 Å². The van der Waals surface area contributed by atoms with Gasteiger partial charge in [0.15, 0.2) is 5.96 Å². The van der Waals surface area contributed by atoms with Crippen molar-refractivity contribution in [3.05, 3.63) is 30.1 Å². The highest BCUT2D eigenvalue weighted by molar-refractivity contribution is 7.88. The molecular formula is C15H24FN5O2S. The molecule has 0 atom stereocenters. The van der Waals surface area contributed by atoms with Crippen LogP contribution in [-0.2, 0) is 10.0 Å². The Balaban J connectivity index is 1.80. The molecule has 0 unspecified atom stereocenters. The van der Waals surface area contributed by atoms with Crippen molar-refractivity contribution in [2.75, 3.05) is 57.5 Å². The van der Waals surface area contributed by atoms with E-state index < -0.39 is 10.0 Å². The van der Waals surface area contributed by atoms with E-state index in [4.69, 9.17) is 0 Å². The summed E-state index contributed by atoms with van der Waals surface area (Å²) < 4.78 is 37.5. The van der Waals surface area contributed by atoms with E-state index in [0.29, 0.717) is 13.1 Å². The van der Waals surface area contributed by atoms with Crippen molar-refractivity contribution >= 4 is 21.7 Å². The van der Waals surface area contributed by atoms with Gasteiger partial charge in [0, 0.05) is 52.0 Å². The predicted molar refractivity (Wildman–Crippen MR) is 94.4 cm³/mol. The minimum atomic E-state index is -3.17. The van der Waals surface area contributed by atoms with E-state index in [0.717, 1.165) is 44.1 Å². The number of sulfonamides is 1. The molecule has 24 heavy (non-hydrogen) atoms. The number of rotatable bonds is 5. The lowest BCUT2D eigenvalue weighted by atomic mass is 10.2. The topological polar surface area (TPSA) is 77.0 Å². The van der Waals surface area contributed by atoms with E-state index in [1.165, 1.54) is 12.1 Å². The molecule has 1 aliphatic rings. The maximum Gasteiger partial charge on any atom is 0.208 e. The molecule has 7 nitrogen and oxygen atoms in total. The number of anilines is 1. The smallest absolute Gasteiger partial charge is 0.208 e. The highest BCUT2D eigenvalue weighted by atomic mass is 32.2. The van der Waals surface area contributed by atoms with Crippen molar-refractivity contribution in [3.63, 3.8) is 0 Å². The monoisotopic (exact) mass is 357 g/mol. The van der Waals surface area contributed by atoms with Gasteiger partial charge in [0.25, 0.3) is 0 Å². The summed E-state index contributed by atoms with van der Waals surface area (Å²) in [5.74, 6) is 0.522. The first-order valence-corrected chi connectivity index (χ1v) is 9.69. The highest BCUT2D eigenvalue weighted by Gasteiger charge is 2.19. The molecule has 2 rings (SSSR count). The lowest BCUT2D eigenvalue weighted by Gasteiger charge is -2.37. The highest BCUT2D eigenvalue weighted by Crippen LogP contribution is 2.16. The number of piperazine rings is 1. The summed E-state index contributed by atoms with van der Waals surface area (Å²) in [5, 5.41) is 3.15. The van der Waals surface area contributed by atoms with E-state index in [9.17, 15) is 12.8 Å². The van der Waals surface area contributed by atoms with Gasteiger partial charge in [-0.15, -0.1) is 0 Å². The number of aliphatic imine (C=N–C) groups is 1. The molecule has 0 aliphatic carbocycles. The fraction of sp³-hybridized carbons (Fsp3) is 0.533. The van der Waals surface area contributed by atoms with Gasteiger partial charge in [-0.25, -0.2) is 17.5 Å².